The van der Waals surface area contributed by atoms with Crippen LogP contribution in [0.4, 0.5) is 5.69 Å². The fourth-order valence-electron chi connectivity index (χ4n) is 3.82. The maximum absolute atomic E-state index is 13.2. The molecule has 0 fully saturated rings. The van der Waals surface area contributed by atoms with E-state index in [0.717, 1.165) is 42.7 Å². The Hall–Kier alpha value is -2.79. The Labute approximate surface area is 172 Å². The second kappa shape index (κ2) is 9.14. The summed E-state index contributed by atoms with van der Waals surface area (Å²) in [6, 6.07) is 11.1. The number of para-hydroxylation sites is 1. The van der Waals surface area contributed by atoms with Crippen LogP contribution in [0.25, 0.3) is 11.0 Å². The van der Waals surface area contributed by atoms with Gasteiger partial charge in [-0.3, -0.25) is 9.69 Å². The first kappa shape index (κ1) is 20.9. The largest absolute Gasteiger partial charge is 0.508 e. The van der Waals surface area contributed by atoms with Crippen LogP contribution in [0.5, 0.6) is 5.75 Å². The number of aromatic hydroxyl groups is 1. The molecule has 0 spiro atoms. The van der Waals surface area contributed by atoms with Crippen molar-refractivity contribution in [3.05, 3.63) is 58.8 Å². The van der Waals surface area contributed by atoms with Gasteiger partial charge in [-0.05, 0) is 63.5 Å². The van der Waals surface area contributed by atoms with Gasteiger partial charge in [0.05, 0.1) is 5.56 Å². The van der Waals surface area contributed by atoms with E-state index >= 15 is 0 Å². The number of phenolic OH excluding ortho intramolecular Hbond substituents is 1. The molecule has 5 heteroatoms. The summed E-state index contributed by atoms with van der Waals surface area (Å²) < 4.78 is 5.89. The predicted octanol–water partition coefficient (Wildman–Crippen LogP) is 5.63. The second-order valence-electron chi connectivity index (χ2n) is 7.51. The Bertz CT molecular complexity index is 1000. The molecule has 0 atom stereocenters. The van der Waals surface area contributed by atoms with Gasteiger partial charge in [0, 0.05) is 23.2 Å². The van der Waals surface area contributed by atoms with Gasteiger partial charge in [-0.15, -0.1) is 0 Å². The van der Waals surface area contributed by atoms with E-state index < -0.39 is 0 Å². The molecule has 0 saturated carbocycles. The third-order valence-corrected chi connectivity index (χ3v) is 5.20. The van der Waals surface area contributed by atoms with Crippen molar-refractivity contribution in [3.63, 3.8) is 0 Å². The molecule has 0 unspecified atom stereocenters. The van der Waals surface area contributed by atoms with E-state index in [-0.39, 0.29) is 11.7 Å². The lowest BCUT2D eigenvalue weighted by Crippen LogP contribution is -2.25. The minimum atomic E-state index is -0.222. The van der Waals surface area contributed by atoms with Gasteiger partial charge in [0.15, 0.2) is 0 Å². The standard InChI is InChI=1S/C24H30N2O3/c1-5-13-26(14-6-2)15-18-20(27)11-12-21-23(18)22(17(4)29-21)24(28)25-19-10-8-7-9-16(19)3/h7-12,27H,5-6,13-15H2,1-4H3,(H,25,28). The van der Waals surface area contributed by atoms with Crippen molar-refractivity contribution in [2.45, 2.75) is 47.1 Å². The number of furan rings is 1. The summed E-state index contributed by atoms with van der Waals surface area (Å²) in [5.41, 5.74) is 3.62. The molecule has 1 amide bonds. The molecule has 3 aromatic rings. The van der Waals surface area contributed by atoms with Crippen molar-refractivity contribution < 1.29 is 14.3 Å². The van der Waals surface area contributed by atoms with Crippen LogP contribution < -0.4 is 5.32 Å². The minimum Gasteiger partial charge on any atom is -0.508 e. The van der Waals surface area contributed by atoms with Gasteiger partial charge >= 0.3 is 0 Å². The van der Waals surface area contributed by atoms with Crippen LogP contribution in [0.2, 0.25) is 0 Å². The van der Waals surface area contributed by atoms with Gasteiger partial charge in [-0.2, -0.15) is 0 Å². The van der Waals surface area contributed by atoms with Crippen LogP contribution in [0.1, 0.15) is 53.9 Å². The van der Waals surface area contributed by atoms with Crippen LogP contribution >= 0.6 is 0 Å². The average molecular weight is 395 g/mol. The van der Waals surface area contributed by atoms with Crippen LogP contribution in [0, 0.1) is 13.8 Å². The number of rotatable bonds is 8. The number of benzene rings is 2. The Morgan fingerprint density at radius 2 is 1.76 bits per heavy atom. The third-order valence-electron chi connectivity index (χ3n) is 5.20. The maximum atomic E-state index is 13.2. The summed E-state index contributed by atoms with van der Waals surface area (Å²) in [6.07, 6.45) is 2.06. The number of anilines is 1. The van der Waals surface area contributed by atoms with Crippen molar-refractivity contribution in [1.82, 2.24) is 4.90 Å². The van der Waals surface area contributed by atoms with Gasteiger partial charge in [0.25, 0.3) is 5.91 Å². The van der Waals surface area contributed by atoms with E-state index in [4.69, 9.17) is 4.42 Å². The number of carbonyl (C=O) groups is 1. The minimum absolute atomic E-state index is 0.195. The van der Waals surface area contributed by atoms with E-state index in [2.05, 4.69) is 24.1 Å². The van der Waals surface area contributed by atoms with Crippen molar-refractivity contribution in [2.24, 2.45) is 0 Å². The van der Waals surface area contributed by atoms with E-state index in [9.17, 15) is 9.90 Å². The molecule has 0 radical (unpaired) electrons. The Morgan fingerprint density at radius 1 is 1.07 bits per heavy atom. The highest BCUT2D eigenvalue weighted by Gasteiger charge is 2.24. The SMILES string of the molecule is CCCN(CCC)Cc1c(O)ccc2oc(C)c(C(=O)Nc3ccccc3C)c12. The normalized spacial score (nSPS) is 11.3. The lowest BCUT2D eigenvalue weighted by Gasteiger charge is -2.22. The topological polar surface area (TPSA) is 65.7 Å². The zero-order chi connectivity index (χ0) is 21.0. The zero-order valence-corrected chi connectivity index (χ0v) is 17.7. The fourth-order valence-corrected chi connectivity index (χ4v) is 3.82. The number of amides is 1. The quantitative estimate of drug-likeness (QED) is 0.520. The predicted molar refractivity (Wildman–Crippen MR) is 118 cm³/mol. The zero-order valence-electron chi connectivity index (χ0n) is 17.7. The van der Waals surface area contributed by atoms with Crippen LogP contribution in [0.15, 0.2) is 40.8 Å². The molecule has 0 aliphatic carbocycles. The Kier molecular flexibility index (Phi) is 6.60. The highest BCUT2D eigenvalue weighted by molar-refractivity contribution is 6.14. The Balaban J connectivity index is 2.05. The summed E-state index contributed by atoms with van der Waals surface area (Å²) in [7, 11) is 0. The van der Waals surface area contributed by atoms with Crippen molar-refractivity contribution >= 4 is 22.6 Å². The summed E-state index contributed by atoms with van der Waals surface area (Å²) in [5, 5.41) is 14.3. The molecular weight excluding hydrogens is 364 g/mol. The van der Waals surface area contributed by atoms with E-state index in [1.54, 1.807) is 19.1 Å². The lowest BCUT2D eigenvalue weighted by molar-refractivity contribution is 0.102. The molecule has 29 heavy (non-hydrogen) atoms. The Morgan fingerprint density at radius 3 is 2.41 bits per heavy atom. The van der Waals surface area contributed by atoms with Crippen LogP contribution in [0.3, 0.4) is 0 Å². The first-order chi connectivity index (χ1) is 14.0. The molecule has 0 saturated heterocycles. The number of carbonyl (C=O) groups excluding carboxylic acids is 1. The highest BCUT2D eigenvalue weighted by Crippen LogP contribution is 2.35. The lowest BCUT2D eigenvalue weighted by atomic mass is 10.0. The van der Waals surface area contributed by atoms with Gasteiger partial charge in [-0.1, -0.05) is 32.0 Å². The molecule has 1 heterocycles. The van der Waals surface area contributed by atoms with Crippen molar-refractivity contribution in [1.29, 1.82) is 0 Å². The van der Waals surface area contributed by atoms with Crippen LogP contribution in [-0.2, 0) is 6.54 Å². The first-order valence-corrected chi connectivity index (χ1v) is 10.3. The molecular formula is C24H30N2O3. The number of nitrogens with one attached hydrogen (secondary N) is 1. The number of hydrogen-bond acceptors (Lipinski definition) is 4. The molecule has 2 aromatic carbocycles. The number of nitrogens with zero attached hydrogens (tertiary/aromatic N) is 1. The van der Waals surface area contributed by atoms with Crippen LogP contribution in [-0.4, -0.2) is 29.0 Å². The van der Waals surface area contributed by atoms with E-state index in [1.165, 1.54) is 0 Å². The fraction of sp³-hybridized carbons (Fsp3) is 0.375. The average Bonchev–Trinajstić information content (AvgIpc) is 3.02. The van der Waals surface area contributed by atoms with E-state index in [1.807, 2.05) is 31.2 Å². The van der Waals surface area contributed by atoms with Gasteiger partial charge in [0.2, 0.25) is 0 Å². The highest BCUT2D eigenvalue weighted by atomic mass is 16.3. The monoisotopic (exact) mass is 394 g/mol. The molecule has 3 rings (SSSR count). The van der Waals surface area contributed by atoms with Crippen molar-refractivity contribution in [2.75, 3.05) is 18.4 Å². The molecule has 0 aliphatic heterocycles. The molecule has 2 N–H and O–H groups in total. The second-order valence-corrected chi connectivity index (χ2v) is 7.51. The smallest absolute Gasteiger partial charge is 0.259 e. The number of fused-ring (bicyclic) bond motifs is 1. The molecule has 154 valence electrons. The third kappa shape index (κ3) is 4.46. The summed E-state index contributed by atoms with van der Waals surface area (Å²) in [5.74, 6) is 0.524. The summed E-state index contributed by atoms with van der Waals surface area (Å²) in [4.78, 5) is 15.5. The number of hydrogen-bond donors (Lipinski definition) is 2. The van der Waals surface area contributed by atoms with Gasteiger partial charge in [0.1, 0.15) is 17.1 Å². The molecule has 0 bridgehead atoms. The maximum Gasteiger partial charge on any atom is 0.259 e. The molecule has 1 aromatic heterocycles. The van der Waals surface area contributed by atoms with E-state index in [0.29, 0.717) is 28.8 Å². The molecule has 0 aliphatic rings. The van der Waals surface area contributed by atoms with Crippen molar-refractivity contribution in [3.8, 4) is 5.75 Å². The molecule has 5 nitrogen and oxygen atoms in total. The summed E-state index contributed by atoms with van der Waals surface area (Å²) in [6.45, 7) is 10.5. The number of phenols is 1. The van der Waals surface area contributed by atoms with Gasteiger partial charge in [-0.25, -0.2) is 0 Å². The van der Waals surface area contributed by atoms with Gasteiger partial charge < -0.3 is 14.8 Å². The first-order valence-electron chi connectivity index (χ1n) is 10.3. The summed E-state index contributed by atoms with van der Waals surface area (Å²) >= 11 is 0. The number of aryl methyl sites for hydroxylation is 2.